The van der Waals surface area contributed by atoms with Gasteiger partial charge in [0.25, 0.3) is 0 Å². The molecule has 0 bridgehead atoms. The molecule has 3 rings (SSSR count). The summed E-state index contributed by atoms with van der Waals surface area (Å²) in [6, 6.07) is 0.0845. The number of aryl methyl sites for hydroxylation is 1. The number of hydrogen-bond donors (Lipinski definition) is 0. The van der Waals surface area contributed by atoms with E-state index in [0.29, 0.717) is 19.8 Å². The molecule has 1 aromatic heterocycles. The molecule has 0 radical (unpaired) electrons. The number of rotatable bonds is 4. The molecule has 2 saturated heterocycles. The van der Waals surface area contributed by atoms with Crippen LogP contribution in [0, 0.1) is 12.8 Å². The normalized spacial score (nSPS) is 27.6. The van der Waals surface area contributed by atoms with Crippen LogP contribution in [0.4, 0.5) is 0 Å². The molecule has 3 heterocycles. The first-order valence-corrected chi connectivity index (χ1v) is 10.7. The smallest absolute Gasteiger partial charge is 0.214 e. The molecule has 2 aliphatic heterocycles. The van der Waals surface area contributed by atoms with Gasteiger partial charge in [-0.25, -0.2) is 13.4 Å². The summed E-state index contributed by atoms with van der Waals surface area (Å²) >= 11 is 1.69. The van der Waals surface area contributed by atoms with Gasteiger partial charge in [0, 0.05) is 43.0 Å². The van der Waals surface area contributed by atoms with Gasteiger partial charge in [0.2, 0.25) is 10.0 Å². The van der Waals surface area contributed by atoms with Crippen LogP contribution < -0.4 is 0 Å². The minimum absolute atomic E-state index is 0.0845. The van der Waals surface area contributed by atoms with Crippen LogP contribution in [-0.4, -0.2) is 67.2 Å². The second-order valence-corrected chi connectivity index (χ2v) is 9.45. The monoisotopic (exact) mass is 359 g/mol. The predicted octanol–water partition coefficient (Wildman–Crippen LogP) is 1.32. The molecular formula is C15H25N3O3S2. The fourth-order valence-corrected chi connectivity index (χ4v) is 5.72. The highest BCUT2D eigenvalue weighted by atomic mass is 32.2. The summed E-state index contributed by atoms with van der Waals surface area (Å²) in [5.74, 6) is 0.417. The molecule has 0 N–H and O–H groups in total. The molecule has 23 heavy (non-hydrogen) atoms. The zero-order chi connectivity index (χ0) is 16.4. The van der Waals surface area contributed by atoms with Gasteiger partial charge in [-0.1, -0.05) is 0 Å². The summed E-state index contributed by atoms with van der Waals surface area (Å²) < 4.78 is 32.2. The second-order valence-electron chi connectivity index (χ2n) is 6.30. The maximum Gasteiger partial charge on any atom is 0.214 e. The molecule has 2 aliphatic rings. The first-order chi connectivity index (χ1) is 11.0. The zero-order valence-electron chi connectivity index (χ0n) is 13.8. The van der Waals surface area contributed by atoms with Crippen molar-refractivity contribution in [1.29, 1.82) is 0 Å². The molecule has 0 aromatic carbocycles. The topological polar surface area (TPSA) is 62.7 Å². The second kappa shape index (κ2) is 7.14. The Bertz CT molecular complexity index is 632. The molecule has 130 valence electrons. The molecular weight excluding hydrogens is 334 g/mol. The van der Waals surface area contributed by atoms with Crippen molar-refractivity contribution < 1.29 is 13.2 Å². The van der Waals surface area contributed by atoms with Gasteiger partial charge in [0.05, 0.1) is 30.2 Å². The molecule has 8 heteroatoms. The van der Waals surface area contributed by atoms with Gasteiger partial charge in [-0.2, -0.15) is 4.31 Å². The Morgan fingerprint density at radius 3 is 2.96 bits per heavy atom. The van der Waals surface area contributed by atoms with E-state index in [0.717, 1.165) is 31.7 Å². The summed E-state index contributed by atoms with van der Waals surface area (Å²) in [6.07, 6.45) is 0.880. The lowest BCUT2D eigenvalue weighted by molar-refractivity contribution is 0.0616. The van der Waals surface area contributed by atoms with E-state index in [1.165, 1.54) is 4.88 Å². The van der Waals surface area contributed by atoms with Crippen molar-refractivity contribution in [3.8, 4) is 0 Å². The lowest BCUT2D eigenvalue weighted by Gasteiger charge is -2.41. The van der Waals surface area contributed by atoms with Crippen LogP contribution >= 0.6 is 11.3 Å². The molecule has 2 fully saturated rings. The van der Waals surface area contributed by atoms with Gasteiger partial charge in [0.15, 0.2) is 0 Å². The number of likely N-dealkylation sites (tertiary alicyclic amines) is 1. The molecule has 0 unspecified atom stereocenters. The first-order valence-electron chi connectivity index (χ1n) is 8.20. The Kier molecular flexibility index (Phi) is 5.37. The van der Waals surface area contributed by atoms with E-state index in [4.69, 9.17) is 4.74 Å². The Labute approximate surface area is 142 Å². The Hall–Kier alpha value is -0.540. The minimum Gasteiger partial charge on any atom is -0.380 e. The van der Waals surface area contributed by atoms with E-state index < -0.39 is 10.0 Å². The van der Waals surface area contributed by atoms with E-state index in [-0.39, 0.29) is 17.7 Å². The van der Waals surface area contributed by atoms with Crippen LogP contribution in [0.25, 0.3) is 0 Å². The number of sulfonamides is 1. The summed E-state index contributed by atoms with van der Waals surface area (Å²) in [5, 5.41) is 0. The highest BCUT2D eigenvalue weighted by Crippen LogP contribution is 2.29. The van der Waals surface area contributed by atoms with Crippen LogP contribution in [0.5, 0.6) is 0 Å². The molecule has 0 saturated carbocycles. The van der Waals surface area contributed by atoms with Crippen LogP contribution in [-0.2, 0) is 21.3 Å². The van der Waals surface area contributed by atoms with E-state index >= 15 is 0 Å². The van der Waals surface area contributed by atoms with E-state index in [9.17, 15) is 8.42 Å². The SMILES string of the molecule is CCS(=O)(=O)N1CCOC[C@H]2CN(Cc3scnc3C)CC[C@H]21. The lowest BCUT2D eigenvalue weighted by atomic mass is 9.93. The Balaban J connectivity index is 1.71. The van der Waals surface area contributed by atoms with Gasteiger partial charge in [-0.3, -0.25) is 4.90 Å². The third-order valence-electron chi connectivity index (χ3n) is 4.87. The summed E-state index contributed by atoms with van der Waals surface area (Å²) in [6.45, 7) is 8.12. The van der Waals surface area contributed by atoms with Crippen molar-refractivity contribution in [2.45, 2.75) is 32.9 Å². The van der Waals surface area contributed by atoms with Gasteiger partial charge in [-0.05, 0) is 20.3 Å². The van der Waals surface area contributed by atoms with E-state index in [2.05, 4.69) is 9.88 Å². The lowest BCUT2D eigenvalue weighted by Crippen LogP contribution is -2.53. The van der Waals surface area contributed by atoms with Gasteiger partial charge >= 0.3 is 0 Å². The van der Waals surface area contributed by atoms with Crippen molar-refractivity contribution in [2.75, 3.05) is 38.6 Å². The number of piperidine rings is 1. The largest absolute Gasteiger partial charge is 0.380 e. The van der Waals surface area contributed by atoms with Crippen molar-refractivity contribution in [3.05, 3.63) is 16.1 Å². The maximum absolute atomic E-state index is 12.4. The zero-order valence-corrected chi connectivity index (χ0v) is 15.4. The summed E-state index contributed by atoms with van der Waals surface area (Å²) in [4.78, 5) is 8.03. The average molecular weight is 360 g/mol. The average Bonchev–Trinajstić information content (AvgIpc) is 2.81. The Morgan fingerprint density at radius 2 is 2.26 bits per heavy atom. The highest BCUT2D eigenvalue weighted by Gasteiger charge is 2.39. The molecule has 0 spiro atoms. The minimum atomic E-state index is -3.16. The number of hydrogen-bond acceptors (Lipinski definition) is 6. The summed E-state index contributed by atoms with van der Waals surface area (Å²) in [5.41, 5.74) is 2.99. The van der Waals surface area contributed by atoms with Crippen LogP contribution in [0.3, 0.4) is 0 Å². The van der Waals surface area contributed by atoms with Crippen molar-refractivity contribution in [1.82, 2.24) is 14.2 Å². The highest BCUT2D eigenvalue weighted by molar-refractivity contribution is 7.89. The molecule has 0 aliphatic carbocycles. The third kappa shape index (κ3) is 3.76. The van der Waals surface area contributed by atoms with E-state index in [1.54, 1.807) is 22.6 Å². The summed E-state index contributed by atoms with van der Waals surface area (Å²) in [7, 11) is -3.16. The van der Waals surface area contributed by atoms with Gasteiger partial charge < -0.3 is 4.74 Å². The molecule has 2 atom stereocenters. The predicted molar refractivity (Wildman–Crippen MR) is 91.0 cm³/mol. The molecule has 0 amide bonds. The van der Waals surface area contributed by atoms with Crippen molar-refractivity contribution in [3.63, 3.8) is 0 Å². The van der Waals surface area contributed by atoms with Crippen LogP contribution in [0.2, 0.25) is 0 Å². The Morgan fingerprint density at radius 1 is 1.43 bits per heavy atom. The fraction of sp³-hybridized carbons (Fsp3) is 0.800. The van der Waals surface area contributed by atoms with Crippen LogP contribution in [0.15, 0.2) is 5.51 Å². The van der Waals surface area contributed by atoms with Crippen molar-refractivity contribution >= 4 is 21.4 Å². The van der Waals surface area contributed by atoms with E-state index in [1.807, 2.05) is 12.4 Å². The molecule has 6 nitrogen and oxygen atoms in total. The maximum atomic E-state index is 12.4. The van der Waals surface area contributed by atoms with Gasteiger partial charge in [-0.15, -0.1) is 11.3 Å². The standard InChI is InChI=1S/C15H25N3O3S2/c1-3-23(19,20)18-6-7-21-10-13-8-17(5-4-14(13)18)9-15-12(2)16-11-22-15/h11,13-14H,3-10H2,1-2H3/t13-,14-/m1/s1. The number of ether oxygens (including phenoxy) is 1. The quantitative estimate of drug-likeness (QED) is 0.811. The van der Waals surface area contributed by atoms with Crippen LogP contribution in [0.1, 0.15) is 23.9 Å². The first kappa shape index (κ1) is 17.3. The number of fused-ring (bicyclic) bond motifs is 1. The molecule has 1 aromatic rings. The third-order valence-corrected chi connectivity index (χ3v) is 7.69. The fourth-order valence-electron chi connectivity index (χ4n) is 3.53. The van der Waals surface area contributed by atoms with Crippen molar-refractivity contribution in [2.24, 2.45) is 5.92 Å². The number of thiazole rings is 1. The number of nitrogens with zero attached hydrogens (tertiary/aromatic N) is 3. The van der Waals surface area contributed by atoms with Gasteiger partial charge in [0.1, 0.15) is 0 Å². The number of aromatic nitrogens is 1.